The first-order chi connectivity index (χ1) is 9.61. The van der Waals surface area contributed by atoms with Crippen molar-refractivity contribution in [2.24, 2.45) is 0 Å². The molecule has 0 fully saturated rings. The zero-order chi connectivity index (χ0) is 14.5. The van der Waals surface area contributed by atoms with Crippen LogP contribution in [0.15, 0.2) is 53.0 Å². The van der Waals surface area contributed by atoms with Crippen LogP contribution in [0.25, 0.3) is 0 Å². The summed E-state index contributed by atoms with van der Waals surface area (Å²) in [5.41, 5.74) is 1.70. The molecule has 1 amide bonds. The van der Waals surface area contributed by atoms with Crippen LogP contribution in [-0.4, -0.2) is 5.91 Å². The van der Waals surface area contributed by atoms with Crippen molar-refractivity contribution in [3.8, 4) is 0 Å². The highest BCUT2D eigenvalue weighted by atomic mass is 79.9. The van der Waals surface area contributed by atoms with E-state index in [1.807, 2.05) is 30.3 Å². The van der Waals surface area contributed by atoms with Gasteiger partial charge in [0.05, 0.1) is 11.1 Å². The van der Waals surface area contributed by atoms with Crippen molar-refractivity contribution in [3.05, 3.63) is 69.2 Å². The summed E-state index contributed by atoms with van der Waals surface area (Å²) in [5, 5.41) is 3.64. The molecule has 0 saturated carbocycles. The van der Waals surface area contributed by atoms with Crippen LogP contribution in [-0.2, 0) is 0 Å². The van der Waals surface area contributed by atoms with Gasteiger partial charge in [-0.15, -0.1) is 0 Å². The Hall–Kier alpha value is -1.32. The van der Waals surface area contributed by atoms with E-state index < -0.39 is 0 Å². The van der Waals surface area contributed by atoms with Crippen molar-refractivity contribution in [2.75, 3.05) is 0 Å². The van der Waals surface area contributed by atoms with E-state index in [4.69, 9.17) is 11.6 Å². The van der Waals surface area contributed by atoms with Crippen molar-refractivity contribution in [1.82, 2.24) is 5.32 Å². The van der Waals surface area contributed by atoms with Gasteiger partial charge in [-0.25, -0.2) is 0 Å². The molecule has 0 heterocycles. The summed E-state index contributed by atoms with van der Waals surface area (Å²) in [6.45, 7) is 2.05. The van der Waals surface area contributed by atoms with Gasteiger partial charge in [0.15, 0.2) is 0 Å². The molecule has 4 heteroatoms. The van der Waals surface area contributed by atoms with E-state index in [2.05, 4.69) is 28.2 Å². The van der Waals surface area contributed by atoms with Gasteiger partial charge in [-0.3, -0.25) is 4.79 Å². The Bertz CT molecular complexity index is 601. The van der Waals surface area contributed by atoms with E-state index in [1.54, 1.807) is 18.2 Å². The van der Waals surface area contributed by atoms with Gasteiger partial charge in [0.1, 0.15) is 0 Å². The fourth-order valence-corrected chi connectivity index (χ4v) is 2.48. The molecule has 0 aliphatic carbocycles. The molecule has 2 nitrogen and oxygen atoms in total. The monoisotopic (exact) mass is 351 g/mol. The fourth-order valence-electron chi connectivity index (χ4n) is 1.99. The maximum Gasteiger partial charge on any atom is 0.251 e. The zero-order valence-electron chi connectivity index (χ0n) is 11.1. The number of halogens is 2. The van der Waals surface area contributed by atoms with E-state index in [1.165, 1.54) is 0 Å². The highest BCUT2D eigenvalue weighted by Gasteiger charge is 2.14. The molecule has 2 rings (SSSR count). The lowest BCUT2D eigenvalue weighted by Gasteiger charge is -2.17. The second-order valence-corrected chi connectivity index (χ2v) is 5.74. The van der Waals surface area contributed by atoms with Crippen LogP contribution in [0.5, 0.6) is 0 Å². The molecule has 2 aromatic rings. The van der Waals surface area contributed by atoms with Gasteiger partial charge >= 0.3 is 0 Å². The summed E-state index contributed by atoms with van der Waals surface area (Å²) < 4.78 is 0.722. The number of hydrogen-bond acceptors (Lipinski definition) is 1. The Kier molecular flexibility index (Phi) is 5.21. The Morgan fingerprint density at radius 1 is 1.25 bits per heavy atom. The Morgan fingerprint density at radius 3 is 2.55 bits per heavy atom. The molecule has 1 N–H and O–H groups in total. The molecule has 1 unspecified atom stereocenters. The van der Waals surface area contributed by atoms with Crippen molar-refractivity contribution in [1.29, 1.82) is 0 Å². The second-order valence-electron chi connectivity index (χ2n) is 4.47. The molecule has 20 heavy (non-hydrogen) atoms. The standard InChI is InChI=1S/C16H15BrClNO/c1-2-15(11-6-4-3-5-7-11)19-16(20)12-8-9-14(18)13(17)10-12/h3-10,15H,2H2,1H3,(H,19,20). The minimum atomic E-state index is -0.0990. The van der Waals surface area contributed by atoms with Gasteiger partial charge in [0.2, 0.25) is 0 Å². The third-order valence-electron chi connectivity index (χ3n) is 3.10. The van der Waals surface area contributed by atoms with Crippen LogP contribution < -0.4 is 5.32 Å². The van der Waals surface area contributed by atoms with Gasteiger partial charge in [-0.05, 0) is 46.1 Å². The molecular weight excluding hydrogens is 338 g/mol. The first kappa shape index (κ1) is 15.1. The Labute approximate surface area is 132 Å². The van der Waals surface area contributed by atoms with E-state index in [-0.39, 0.29) is 11.9 Å². The predicted octanol–water partition coefficient (Wildman–Crippen LogP) is 4.98. The number of rotatable bonds is 4. The lowest BCUT2D eigenvalue weighted by Crippen LogP contribution is -2.28. The smallest absolute Gasteiger partial charge is 0.251 e. The van der Waals surface area contributed by atoms with Gasteiger partial charge in [-0.1, -0.05) is 48.9 Å². The SMILES string of the molecule is CCC(NC(=O)c1ccc(Cl)c(Br)c1)c1ccccc1. The molecule has 0 aromatic heterocycles. The lowest BCUT2D eigenvalue weighted by molar-refractivity contribution is 0.0935. The molecule has 0 aliphatic heterocycles. The molecule has 2 aromatic carbocycles. The van der Waals surface area contributed by atoms with Gasteiger partial charge in [0.25, 0.3) is 5.91 Å². The van der Waals surface area contributed by atoms with Crippen molar-refractivity contribution < 1.29 is 4.79 Å². The van der Waals surface area contributed by atoms with Crippen molar-refractivity contribution in [2.45, 2.75) is 19.4 Å². The maximum atomic E-state index is 12.3. The average molecular weight is 353 g/mol. The lowest BCUT2D eigenvalue weighted by atomic mass is 10.0. The normalized spacial score (nSPS) is 11.9. The van der Waals surface area contributed by atoms with Crippen molar-refractivity contribution >= 4 is 33.4 Å². The second kappa shape index (κ2) is 6.91. The van der Waals surface area contributed by atoms with Crippen LogP contribution in [0.1, 0.15) is 35.3 Å². The summed E-state index contributed by atoms with van der Waals surface area (Å²) in [5.74, 6) is -0.0990. The number of nitrogens with one attached hydrogen (secondary N) is 1. The highest BCUT2D eigenvalue weighted by Crippen LogP contribution is 2.24. The van der Waals surface area contributed by atoms with E-state index in [0.29, 0.717) is 10.6 Å². The maximum absolute atomic E-state index is 12.3. The van der Waals surface area contributed by atoms with Crippen LogP contribution in [0.2, 0.25) is 5.02 Å². The van der Waals surface area contributed by atoms with E-state index in [0.717, 1.165) is 16.5 Å². The molecule has 0 saturated heterocycles. The van der Waals surface area contributed by atoms with Gasteiger partial charge in [0, 0.05) is 10.0 Å². The first-order valence-corrected chi connectivity index (χ1v) is 7.59. The van der Waals surface area contributed by atoms with Crippen molar-refractivity contribution in [3.63, 3.8) is 0 Å². The van der Waals surface area contributed by atoms with Crippen LogP contribution in [0.4, 0.5) is 0 Å². The quantitative estimate of drug-likeness (QED) is 0.825. The molecular formula is C16H15BrClNO. The van der Waals surface area contributed by atoms with Crippen LogP contribution in [0, 0.1) is 0 Å². The third kappa shape index (κ3) is 3.62. The summed E-state index contributed by atoms with van der Waals surface area (Å²) in [4.78, 5) is 12.3. The number of hydrogen-bond donors (Lipinski definition) is 1. The summed E-state index contributed by atoms with van der Waals surface area (Å²) in [6.07, 6.45) is 0.838. The fraction of sp³-hybridized carbons (Fsp3) is 0.188. The minimum Gasteiger partial charge on any atom is -0.345 e. The first-order valence-electron chi connectivity index (χ1n) is 6.42. The molecule has 0 aliphatic rings. The van der Waals surface area contributed by atoms with E-state index in [9.17, 15) is 4.79 Å². The average Bonchev–Trinajstić information content (AvgIpc) is 2.48. The van der Waals surface area contributed by atoms with Gasteiger partial charge < -0.3 is 5.32 Å². The van der Waals surface area contributed by atoms with Crippen LogP contribution >= 0.6 is 27.5 Å². The number of carbonyl (C=O) groups excluding carboxylic acids is 1. The largest absolute Gasteiger partial charge is 0.345 e. The van der Waals surface area contributed by atoms with Crippen LogP contribution in [0.3, 0.4) is 0 Å². The minimum absolute atomic E-state index is 0.0122. The summed E-state index contributed by atoms with van der Waals surface area (Å²) >= 11 is 9.27. The molecule has 0 radical (unpaired) electrons. The van der Waals surface area contributed by atoms with Gasteiger partial charge in [-0.2, -0.15) is 0 Å². The molecule has 0 bridgehead atoms. The number of carbonyl (C=O) groups is 1. The predicted molar refractivity (Wildman–Crippen MR) is 86.1 cm³/mol. The summed E-state index contributed by atoms with van der Waals surface area (Å²) in [6, 6.07) is 15.1. The Balaban J connectivity index is 2.15. The number of benzene rings is 2. The van der Waals surface area contributed by atoms with E-state index >= 15 is 0 Å². The highest BCUT2D eigenvalue weighted by molar-refractivity contribution is 9.10. The zero-order valence-corrected chi connectivity index (χ0v) is 13.4. The summed E-state index contributed by atoms with van der Waals surface area (Å²) in [7, 11) is 0. The number of amides is 1. The third-order valence-corrected chi connectivity index (χ3v) is 4.31. The topological polar surface area (TPSA) is 29.1 Å². The molecule has 0 spiro atoms. The molecule has 104 valence electrons. The Morgan fingerprint density at radius 2 is 1.95 bits per heavy atom. The molecule has 1 atom stereocenters.